The quantitative estimate of drug-likeness (QED) is 0.761. The molecule has 0 heterocycles. The molecule has 0 fully saturated rings. The average Bonchev–Trinajstić information content (AvgIpc) is 2.27. The second-order valence-corrected chi connectivity index (χ2v) is 5.95. The van der Waals surface area contributed by atoms with E-state index in [1.807, 2.05) is 0 Å². The Hall–Kier alpha value is -1.17. The number of hydrogen-bond acceptors (Lipinski definition) is 2. The highest BCUT2D eigenvalue weighted by Gasteiger charge is 2.22. The third-order valence-electron chi connectivity index (χ3n) is 2.24. The minimum Gasteiger partial charge on any atom is -0.444 e. The van der Waals surface area contributed by atoms with Crippen molar-refractivity contribution in [1.82, 2.24) is 4.90 Å². The maximum atomic E-state index is 13.6. The highest BCUT2D eigenvalue weighted by atomic mass is 79.9. The zero-order valence-corrected chi connectivity index (χ0v) is 12.8. The lowest BCUT2D eigenvalue weighted by Gasteiger charge is -2.25. The van der Waals surface area contributed by atoms with Crippen LogP contribution < -0.4 is 0 Å². The molecule has 0 spiro atoms. The highest BCUT2D eigenvalue weighted by Crippen LogP contribution is 2.25. The number of amides is 1. The molecule has 0 aromatic heterocycles. The molecule has 1 rings (SSSR count). The topological polar surface area (TPSA) is 29.5 Å². The minimum absolute atomic E-state index is 0.0166. The Morgan fingerprint density at radius 3 is 2.37 bits per heavy atom. The van der Waals surface area contributed by atoms with Crippen LogP contribution in [-0.4, -0.2) is 23.6 Å². The summed E-state index contributed by atoms with van der Waals surface area (Å²) < 4.78 is 32.1. The van der Waals surface area contributed by atoms with Gasteiger partial charge in [-0.2, -0.15) is 0 Å². The Balaban J connectivity index is 2.86. The van der Waals surface area contributed by atoms with Gasteiger partial charge in [0.15, 0.2) is 0 Å². The van der Waals surface area contributed by atoms with E-state index in [-0.39, 0.29) is 16.6 Å². The van der Waals surface area contributed by atoms with E-state index >= 15 is 0 Å². The first-order chi connectivity index (χ1) is 8.61. The normalized spacial score (nSPS) is 11.3. The Labute approximate surface area is 119 Å². The smallest absolute Gasteiger partial charge is 0.410 e. The monoisotopic (exact) mass is 335 g/mol. The molecule has 106 valence electrons. The summed E-state index contributed by atoms with van der Waals surface area (Å²) in [6, 6.07) is 2.05. The number of carbonyl (C=O) groups excluding carboxylic acids is 1. The summed E-state index contributed by atoms with van der Waals surface area (Å²) >= 11 is 2.98. The number of halogens is 3. The van der Waals surface area contributed by atoms with Crippen LogP contribution in [0.4, 0.5) is 13.6 Å². The fourth-order valence-corrected chi connectivity index (χ4v) is 1.80. The molecule has 1 amide bonds. The van der Waals surface area contributed by atoms with Crippen LogP contribution in [0, 0.1) is 11.6 Å². The van der Waals surface area contributed by atoms with Crippen molar-refractivity contribution < 1.29 is 18.3 Å². The van der Waals surface area contributed by atoms with Crippen LogP contribution in [0.3, 0.4) is 0 Å². The summed E-state index contributed by atoms with van der Waals surface area (Å²) in [7, 11) is 1.46. The maximum Gasteiger partial charge on any atom is 0.410 e. The molecule has 0 bridgehead atoms. The third-order valence-corrected chi connectivity index (χ3v) is 3.10. The van der Waals surface area contributed by atoms with Gasteiger partial charge >= 0.3 is 6.09 Å². The molecule has 0 saturated heterocycles. The Kier molecular flexibility index (Phi) is 4.90. The van der Waals surface area contributed by atoms with E-state index in [2.05, 4.69) is 15.9 Å². The van der Waals surface area contributed by atoms with Crippen molar-refractivity contribution in [2.75, 3.05) is 7.05 Å². The SMILES string of the molecule is CN(Cc1c(F)ccc(F)c1Br)C(=O)OC(C)(C)C. The molecule has 0 N–H and O–H groups in total. The van der Waals surface area contributed by atoms with Gasteiger partial charge in [0.2, 0.25) is 0 Å². The zero-order chi connectivity index (χ0) is 14.8. The first kappa shape index (κ1) is 15.9. The molecule has 0 unspecified atom stereocenters. The predicted octanol–water partition coefficient (Wildman–Crippen LogP) is 4.09. The largest absolute Gasteiger partial charge is 0.444 e. The first-order valence-corrected chi connectivity index (χ1v) is 6.47. The van der Waals surface area contributed by atoms with Crippen LogP contribution in [0.1, 0.15) is 26.3 Å². The summed E-state index contributed by atoms with van der Waals surface area (Å²) in [4.78, 5) is 12.9. The van der Waals surface area contributed by atoms with Crippen molar-refractivity contribution >= 4 is 22.0 Å². The Morgan fingerprint density at radius 1 is 1.32 bits per heavy atom. The molecule has 0 aliphatic heterocycles. The highest BCUT2D eigenvalue weighted by molar-refractivity contribution is 9.10. The number of nitrogens with zero attached hydrogens (tertiary/aromatic N) is 1. The van der Waals surface area contributed by atoms with Gasteiger partial charge in [0.1, 0.15) is 17.2 Å². The molecular formula is C13H16BrF2NO2. The van der Waals surface area contributed by atoms with Crippen LogP contribution in [0.5, 0.6) is 0 Å². The van der Waals surface area contributed by atoms with Crippen molar-refractivity contribution in [2.45, 2.75) is 32.9 Å². The van der Waals surface area contributed by atoms with Gasteiger partial charge in [0.25, 0.3) is 0 Å². The van der Waals surface area contributed by atoms with Gasteiger partial charge in [-0.1, -0.05) is 0 Å². The maximum absolute atomic E-state index is 13.6. The average molecular weight is 336 g/mol. The van der Waals surface area contributed by atoms with Crippen LogP contribution in [-0.2, 0) is 11.3 Å². The molecular weight excluding hydrogens is 320 g/mol. The van der Waals surface area contributed by atoms with E-state index in [0.717, 1.165) is 12.1 Å². The van der Waals surface area contributed by atoms with Gasteiger partial charge in [0, 0.05) is 12.6 Å². The van der Waals surface area contributed by atoms with Gasteiger partial charge in [0.05, 0.1) is 11.0 Å². The van der Waals surface area contributed by atoms with Crippen molar-refractivity contribution in [1.29, 1.82) is 0 Å². The van der Waals surface area contributed by atoms with Crippen LogP contribution in [0.25, 0.3) is 0 Å². The van der Waals surface area contributed by atoms with Crippen molar-refractivity contribution in [2.24, 2.45) is 0 Å². The molecule has 0 atom stereocenters. The number of ether oxygens (including phenoxy) is 1. The summed E-state index contributed by atoms with van der Waals surface area (Å²) in [6.45, 7) is 5.12. The van der Waals surface area contributed by atoms with E-state index in [1.165, 1.54) is 11.9 Å². The van der Waals surface area contributed by atoms with Gasteiger partial charge in [-0.15, -0.1) is 0 Å². The summed E-state index contributed by atoms with van der Waals surface area (Å²) in [5.74, 6) is -1.15. The van der Waals surface area contributed by atoms with Gasteiger partial charge < -0.3 is 9.64 Å². The molecule has 0 radical (unpaired) electrons. The molecule has 3 nitrogen and oxygen atoms in total. The Morgan fingerprint density at radius 2 is 1.84 bits per heavy atom. The van der Waals surface area contributed by atoms with Crippen LogP contribution in [0.15, 0.2) is 16.6 Å². The second-order valence-electron chi connectivity index (χ2n) is 5.16. The lowest BCUT2D eigenvalue weighted by Crippen LogP contribution is -2.34. The summed E-state index contributed by atoms with van der Waals surface area (Å²) in [5.41, 5.74) is -0.559. The number of rotatable bonds is 2. The third kappa shape index (κ3) is 4.45. The molecule has 0 aliphatic rings. The number of benzene rings is 1. The fourth-order valence-electron chi connectivity index (χ4n) is 1.36. The van der Waals surface area contributed by atoms with Crippen LogP contribution >= 0.6 is 15.9 Å². The Bertz CT molecular complexity index is 486. The van der Waals surface area contributed by atoms with Crippen molar-refractivity contribution in [3.8, 4) is 0 Å². The predicted molar refractivity (Wildman–Crippen MR) is 71.8 cm³/mol. The van der Waals surface area contributed by atoms with E-state index in [4.69, 9.17) is 4.74 Å². The van der Waals surface area contributed by atoms with Gasteiger partial charge in [-0.3, -0.25) is 0 Å². The lowest BCUT2D eigenvalue weighted by atomic mass is 10.2. The van der Waals surface area contributed by atoms with Crippen LogP contribution in [0.2, 0.25) is 0 Å². The lowest BCUT2D eigenvalue weighted by molar-refractivity contribution is 0.0283. The zero-order valence-electron chi connectivity index (χ0n) is 11.3. The summed E-state index contributed by atoms with van der Waals surface area (Å²) in [5, 5.41) is 0. The minimum atomic E-state index is -0.636. The molecule has 0 saturated carbocycles. The summed E-state index contributed by atoms with van der Waals surface area (Å²) in [6.07, 6.45) is -0.594. The van der Waals surface area contributed by atoms with E-state index in [9.17, 15) is 13.6 Å². The standard InChI is InChI=1S/C13H16BrF2NO2/c1-13(2,3)19-12(18)17(4)7-8-9(15)5-6-10(16)11(8)14/h5-6H,7H2,1-4H3. The molecule has 19 heavy (non-hydrogen) atoms. The molecule has 6 heteroatoms. The van der Waals surface area contributed by atoms with Gasteiger partial charge in [-0.25, -0.2) is 13.6 Å². The van der Waals surface area contributed by atoms with Crippen molar-refractivity contribution in [3.05, 3.63) is 33.8 Å². The van der Waals surface area contributed by atoms with E-state index in [0.29, 0.717) is 0 Å². The van der Waals surface area contributed by atoms with Crippen molar-refractivity contribution in [3.63, 3.8) is 0 Å². The van der Waals surface area contributed by atoms with E-state index in [1.54, 1.807) is 20.8 Å². The first-order valence-electron chi connectivity index (χ1n) is 5.68. The number of carbonyl (C=O) groups is 1. The second kappa shape index (κ2) is 5.86. The fraction of sp³-hybridized carbons (Fsp3) is 0.462. The molecule has 1 aromatic rings. The number of hydrogen-bond donors (Lipinski definition) is 0. The van der Waals surface area contributed by atoms with Gasteiger partial charge in [-0.05, 0) is 48.8 Å². The molecule has 0 aliphatic carbocycles. The van der Waals surface area contributed by atoms with E-state index < -0.39 is 23.3 Å². The molecule has 1 aromatic carbocycles.